The van der Waals surface area contributed by atoms with Crippen LogP contribution >= 0.6 is 0 Å². The average molecular weight is 501 g/mol. The number of rotatable bonds is 6. The normalized spacial score (nSPS) is 26.5. The highest BCUT2D eigenvalue weighted by Gasteiger charge is 2.51. The van der Waals surface area contributed by atoms with Crippen molar-refractivity contribution in [3.05, 3.63) is 89.5 Å². The lowest BCUT2D eigenvalue weighted by Gasteiger charge is -2.57. The van der Waals surface area contributed by atoms with E-state index < -0.39 is 10.0 Å². The van der Waals surface area contributed by atoms with Crippen LogP contribution in [0.4, 0.5) is 11.4 Å². The van der Waals surface area contributed by atoms with E-state index in [4.69, 9.17) is 0 Å². The minimum absolute atomic E-state index is 0.201. The van der Waals surface area contributed by atoms with Crippen LogP contribution in [-0.4, -0.2) is 14.3 Å². The molecule has 7 rings (SSSR count). The van der Waals surface area contributed by atoms with Gasteiger partial charge in [0, 0.05) is 16.9 Å². The van der Waals surface area contributed by atoms with Crippen molar-refractivity contribution >= 4 is 27.3 Å². The maximum Gasteiger partial charge on any atom is 0.261 e. The Labute approximate surface area is 213 Å². The summed E-state index contributed by atoms with van der Waals surface area (Å²) in [6, 6.07) is 21.6. The van der Waals surface area contributed by atoms with Gasteiger partial charge in [0.2, 0.25) is 0 Å². The Morgan fingerprint density at radius 3 is 1.83 bits per heavy atom. The van der Waals surface area contributed by atoms with Crippen LogP contribution in [0.3, 0.4) is 0 Å². The van der Waals surface area contributed by atoms with Crippen molar-refractivity contribution in [1.29, 1.82) is 0 Å². The zero-order chi connectivity index (χ0) is 24.9. The third kappa shape index (κ3) is 4.43. The van der Waals surface area contributed by atoms with E-state index in [0.29, 0.717) is 16.7 Å². The number of sulfonamides is 1. The van der Waals surface area contributed by atoms with Crippen LogP contribution in [0.25, 0.3) is 0 Å². The van der Waals surface area contributed by atoms with Gasteiger partial charge in [0.25, 0.3) is 15.9 Å². The van der Waals surface area contributed by atoms with Crippen LogP contribution in [-0.2, 0) is 15.4 Å². The summed E-state index contributed by atoms with van der Waals surface area (Å²) in [5.74, 6) is 2.49. The lowest BCUT2D eigenvalue weighted by atomic mass is 9.48. The van der Waals surface area contributed by atoms with Crippen LogP contribution in [0.2, 0.25) is 0 Å². The molecule has 0 aliphatic heterocycles. The van der Waals surface area contributed by atoms with E-state index in [-0.39, 0.29) is 10.8 Å². The van der Waals surface area contributed by atoms with Crippen molar-refractivity contribution in [3.8, 4) is 0 Å². The Kier molecular flexibility index (Phi) is 5.67. The van der Waals surface area contributed by atoms with Gasteiger partial charge in [-0.25, -0.2) is 8.42 Å². The summed E-state index contributed by atoms with van der Waals surface area (Å²) >= 11 is 0. The second-order valence-corrected chi connectivity index (χ2v) is 12.9. The molecule has 186 valence electrons. The molecule has 4 bridgehead atoms. The first kappa shape index (κ1) is 23.3. The lowest BCUT2D eigenvalue weighted by Crippen LogP contribution is -2.48. The van der Waals surface area contributed by atoms with Crippen molar-refractivity contribution in [2.75, 3.05) is 10.0 Å². The summed E-state index contributed by atoms with van der Waals surface area (Å²) in [6.07, 6.45) is 8.26. The molecular weight excluding hydrogens is 468 g/mol. The number of benzene rings is 3. The summed E-state index contributed by atoms with van der Waals surface area (Å²) in [5.41, 5.74) is 4.43. The molecule has 4 saturated carbocycles. The fourth-order valence-electron chi connectivity index (χ4n) is 7.20. The minimum Gasteiger partial charge on any atom is -0.322 e. The van der Waals surface area contributed by atoms with Gasteiger partial charge in [-0.3, -0.25) is 9.52 Å². The lowest BCUT2D eigenvalue weighted by molar-refractivity contribution is -0.00518. The summed E-state index contributed by atoms with van der Waals surface area (Å²) in [5, 5.41) is 2.98. The molecule has 5 nitrogen and oxygen atoms in total. The topological polar surface area (TPSA) is 75.3 Å². The molecule has 2 N–H and O–H groups in total. The van der Waals surface area contributed by atoms with E-state index >= 15 is 0 Å². The molecule has 4 fully saturated rings. The van der Waals surface area contributed by atoms with Gasteiger partial charge < -0.3 is 5.32 Å². The Balaban J connectivity index is 1.11. The SMILES string of the molecule is Cc1ccc(S(=O)(=O)Nc2ccc(C(=O)Nc3ccc(C45CC6CC(CC(C6)C4)C5)cc3)cc2)cc1. The maximum atomic E-state index is 12.8. The number of carbonyl (C=O) groups is 1. The monoisotopic (exact) mass is 500 g/mol. The molecule has 4 aliphatic carbocycles. The molecule has 3 aromatic carbocycles. The first-order valence-corrected chi connectivity index (χ1v) is 14.4. The Morgan fingerprint density at radius 2 is 1.28 bits per heavy atom. The third-order valence-corrected chi connectivity index (χ3v) is 9.92. The van der Waals surface area contributed by atoms with Crippen molar-refractivity contribution in [2.24, 2.45) is 17.8 Å². The summed E-state index contributed by atoms with van der Waals surface area (Å²) < 4.78 is 27.8. The van der Waals surface area contributed by atoms with Gasteiger partial charge in [-0.15, -0.1) is 0 Å². The summed E-state index contributed by atoms with van der Waals surface area (Å²) in [6.45, 7) is 1.91. The molecule has 0 heterocycles. The molecule has 1 amide bonds. The molecule has 0 atom stereocenters. The molecule has 0 unspecified atom stereocenters. The summed E-state index contributed by atoms with van der Waals surface area (Å²) in [4.78, 5) is 13.0. The van der Waals surface area contributed by atoms with Gasteiger partial charge in [-0.2, -0.15) is 0 Å². The van der Waals surface area contributed by atoms with Crippen molar-refractivity contribution < 1.29 is 13.2 Å². The summed E-state index contributed by atoms with van der Waals surface area (Å²) in [7, 11) is -3.68. The standard InChI is InChI=1S/C30H32N2O3S/c1-20-2-12-28(13-3-20)36(34,35)32-27-8-4-24(5-9-27)29(33)31-26-10-6-25(7-11-26)30-17-21-14-22(18-30)16-23(15-21)19-30/h2-13,21-23,32H,14-19H2,1H3,(H,31,33). The molecule has 0 radical (unpaired) electrons. The highest BCUT2D eigenvalue weighted by Crippen LogP contribution is 2.60. The number of aryl methyl sites for hydroxylation is 1. The fourth-order valence-corrected chi connectivity index (χ4v) is 8.25. The minimum atomic E-state index is -3.68. The van der Waals surface area contributed by atoms with Crippen molar-refractivity contribution in [3.63, 3.8) is 0 Å². The van der Waals surface area contributed by atoms with Crippen LogP contribution in [0.5, 0.6) is 0 Å². The molecule has 6 heteroatoms. The predicted molar refractivity (Wildman–Crippen MR) is 143 cm³/mol. The highest BCUT2D eigenvalue weighted by molar-refractivity contribution is 7.92. The van der Waals surface area contributed by atoms with E-state index in [1.165, 1.54) is 44.1 Å². The van der Waals surface area contributed by atoms with Gasteiger partial charge in [-0.05, 0) is 123 Å². The van der Waals surface area contributed by atoms with Gasteiger partial charge in [0.1, 0.15) is 0 Å². The zero-order valence-corrected chi connectivity index (χ0v) is 21.4. The zero-order valence-electron chi connectivity index (χ0n) is 20.5. The second kappa shape index (κ2) is 8.77. The molecular formula is C30H32N2O3S. The molecule has 4 aliphatic rings. The maximum absolute atomic E-state index is 12.8. The largest absolute Gasteiger partial charge is 0.322 e. The van der Waals surface area contributed by atoms with E-state index in [2.05, 4.69) is 22.2 Å². The van der Waals surface area contributed by atoms with Crippen LogP contribution in [0, 0.1) is 24.7 Å². The molecule has 3 aromatic rings. The Morgan fingerprint density at radius 1 is 0.750 bits per heavy atom. The van der Waals surface area contributed by atoms with Gasteiger partial charge in [-0.1, -0.05) is 29.8 Å². The van der Waals surface area contributed by atoms with Crippen molar-refractivity contribution in [1.82, 2.24) is 0 Å². The molecule has 0 aromatic heterocycles. The van der Waals surface area contributed by atoms with E-state index in [9.17, 15) is 13.2 Å². The number of hydrogen-bond donors (Lipinski definition) is 2. The fraction of sp³-hybridized carbons (Fsp3) is 0.367. The van der Waals surface area contributed by atoms with Gasteiger partial charge in [0.15, 0.2) is 0 Å². The molecule has 0 spiro atoms. The van der Waals surface area contributed by atoms with Crippen LogP contribution in [0.15, 0.2) is 77.7 Å². The highest BCUT2D eigenvalue weighted by atomic mass is 32.2. The number of carbonyl (C=O) groups excluding carboxylic acids is 1. The second-order valence-electron chi connectivity index (χ2n) is 11.2. The number of amides is 1. The quantitative estimate of drug-likeness (QED) is 0.405. The molecule has 36 heavy (non-hydrogen) atoms. The van der Waals surface area contributed by atoms with E-state index in [0.717, 1.165) is 29.0 Å². The van der Waals surface area contributed by atoms with E-state index in [1.807, 2.05) is 19.1 Å². The number of hydrogen-bond acceptors (Lipinski definition) is 3. The number of nitrogens with one attached hydrogen (secondary N) is 2. The van der Waals surface area contributed by atoms with Gasteiger partial charge >= 0.3 is 0 Å². The van der Waals surface area contributed by atoms with Gasteiger partial charge in [0.05, 0.1) is 4.90 Å². The molecule has 0 saturated heterocycles. The Bertz CT molecular complexity index is 1340. The number of anilines is 2. The first-order valence-electron chi connectivity index (χ1n) is 12.9. The van der Waals surface area contributed by atoms with Crippen LogP contribution < -0.4 is 10.0 Å². The van der Waals surface area contributed by atoms with Crippen LogP contribution in [0.1, 0.15) is 60.0 Å². The average Bonchev–Trinajstić information content (AvgIpc) is 2.84. The van der Waals surface area contributed by atoms with E-state index in [1.54, 1.807) is 48.5 Å². The smallest absolute Gasteiger partial charge is 0.261 e. The predicted octanol–water partition coefficient (Wildman–Crippen LogP) is 6.52. The first-order chi connectivity index (χ1) is 17.3. The third-order valence-electron chi connectivity index (χ3n) is 8.52. The Hall–Kier alpha value is -3.12. The van der Waals surface area contributed by atoms with Crippen molar-refractivity contribution in [2.45, 2.75) is 55.8 Å².